The topological polar surface area (TPSA) is 41.6 Å². The molecule has 1 N–H and O–H groups in total. The first-order chi connectivity index (χ1) is 13.7. The standard InChI is InChI=1S/C23H25ClN2O2/c1-2-28-22(27)23(26-14-8-3-9-15-26)19(18-11-5-6-12-20(18)24)16-17-10-4-7-13-21(17)25-23/h4-7,10-13,16,25H,2-3,8-9,14-15H2,1H3. The van der Waals surface area contributed by atoms with E-state index >= 15 is 0 Å². The molecule has 0 aromatic heterocycles. The lowest BCUT2D eigenvalue weighted by Gasteiger charge is -2.47. The number of nitrogens with zero attached hydrogens (tertiary/aromatic N) is 1. The summed E-state index contributed by atoms with van der Waals surface area (Å²) in [6.45, 7) is 3.83. The summed E-state index contributed by atoms with van der Waals surface area (Å²) >= 11 is 6.59. The third kappa shape index (κ3) is 3.21. The Morgan fingerprint density at radius 3 is 2.57 bits per heavy atom. The fourth-order valence-corrected chi connectivity index (χ4v) is 4.45. The molecule has 1 saturated heterocycles. The van der Waals surface area contributed by atoms with Gasteiger partial charge in [-0.1, -0.05) is 54.4 Å². The van der Waals surface area contributed by atoms with E-state index < -0.39 is 5.66 Å². The molecule has 0 radical (unpaired) electrons. The lowest BCUT2D eigenvalue weighted by molar-refractivity contribution is -0.152. The molecular formula is C23H25ClN2O2. The predicted octanol–water partition coefficient (Wildman–Crippen LogP) is 5.05. The molecule has 1 atom stereocenters. The molecule has 2 aromatic rings. The van der Waals surface area contributed by atoms with Crippen LogP contribution in [-0.2, 0) is 9.53 Å². The predicted molar refractivity (Wildman–Crippen MR) is 114 cm³/mol. The quantitative estimate of drug-likeness (QED) is 0.734. The number of fused-ring (bicyclic) bond motifs is 1. The van der Waals surface area contributed by atoms with Crippen molar-refractivity contribution in [3.8, 4) is 0 Å². The van der Waals surface area contributed by atoms with E-state index in [9.17, 15) is 4.79 Å². The molecule has 0 saturated carbocycles. The van der Waals surface area contributed by atoms with Gasteiger partial charge in [-0.05, 0) is 43.5 Å². The molecule has 1 unspecified atom stereocenters. The number of hydrogen-bond acceptors (Lipinski definition) is 4. The van der Waals surface area contributed by atoms with Gasteiger partial charge < -0.3 is 10.1 Å². The molecule has 146 valence electrons. The van der Waals surface area contributed by atoms with Gasteiger partial charge in [0.15, 0.2) is 0 Å². The van der Waals surface area contributed by atoms with Gasteiger partial charge in [0, 0.05) is 34.9 Å². The smallest absolute Gasteiger partial charge is 0.352 e. The van der Waals surface area contributed by atoms with E-state index in [4.69, 9.17) is 16.3 Å². The maximum Gasteiger partial charge on any atom is 0.352 e. The van der Waals surface area contributed by atoms with Crippen LogP contribution in [-0.4, -0.2) is 36.2 Å². The number of carbonyl (C=O) groups excluding carboxylic acids is 1. The van der Waals surface area contributed by atoms with E-state index in [-0.39, 0.29) is 5.97 Å². The summed E-state index contributed by atoms with van der Waals surface area (Å²) in [4.78, 5) is 15.7. The molecule has 0 amide bonds. The van der Waals surface area contributed by atoms with Crippen LogP contribution in [0, 0.1) is 0 Å². The van der Waals surface area contributed by atoms with Crippen LogP contribution in [0.3, 0.4) is 0 Å². The molecule has 2 aromatic carbocycles. The highest BCUT2D eigenvalue weighted by Gasteiger charge is 2.51. The molecule has 0 bridgehead atoms. The minimum absolute atomic E-state index is 0.280. The van der Waals surface area contributed by atoms with E-state index in [0.29, 0.717) is 11.6 Å². The molecule has 2 aliphatic rings. The van der Waals surface area contributed by atoms with Crippen molar-refractivity contribution in [1.82, 2.24) is 4.90 Å². The largest absolute Gasteiger partial charge is 0.463 e. The SMILES string of the molecule is CCOC(=O)C1(N2CCCCC2)Nc2ccccc2C=C1c1ccccc1Cl. The fraction of sp³-hybridized carbons (Fsp3) is 0.348. The minimum atomic E-state index is -1.09. The maximum absolute atomic E-state index is 13.5. The van der Waals surface area contributed by atoms with Gasteiger partial charge in [-0.15, -0.1) is 0 Å². The van der Waals surface area contributed by atoms with Gasteiger partial charge in [-0.2, -0.15) is 0 Å². The Labute approximate surface area is 171 Å². The third-order valence-electron chi connectivity index (χ3n) is 5.53. The second kappa shape index (κ2) is 7.98. The van der Waals surface area contributed by atoms with Crippen molar-refractivity contribution in [3.05, 3.63) is 64.7 Å². The average molecular weight is 397 g/mol. The number of rotatable bonds is 4. The van der Waals surface area contributed by atoms with E-state index in [1.54, 1.807) is 0 Å². The Balaban J connectivity index is 1.95. The highest BCUT2D eigenvalue weighted by atomic mass is 35.5. The van der Waals surface area contributed by atoms with Crippen LogP contribution in [0.2, 0.25) is 5.02 Å². The molecule has 4 rings (SSSR count). The van der Waals surface area contributed by atoms with Gasteiger partial charge in [0.05, 0.1) is 6.61 Å². The van der Waals surface area contributed by atoms with Crippen molar-refractivity contribution < 1.29 is 9.53 Å². The molecule has 0 spiro atoms. The zero-order valence-corrected chi connectivity index (χ0v) is 16.8. The normalized spacial score (nSPS) is 22.0. The second-order valence-electron chi connectivity index (χ2n) is 7.23. The van der Waals surface area contributed by atoms with Crippen molar-refractivity contribution in [3.63, 3.8) is 0 Å². The van der Waals surface area contributed by atoms with Crippen LogP contribution in [0.5, 0.6) is 0 Å². The number of halogens is 1. The van der Waals surface area contributed by atoms with E-state index in [1.807, 2.05) is 55.5 Å². The van der Waals surface area contributed by atoms with Crippen LogP contribution in [0.25, 0.3) is 11.6 Å². The van der Waals surface area contributed by atoms with Crippen molar-refractivity contribution in [2.24, 2.45) is 0 Å². The van der Waals surface area contributed by atoms with Crippen LogP contribution in [0.1, 0.15) is 37.3 Å². The van der Waals surface area contributed by atoms with Gasteiger partial charge >= 0.3 is 5.97 Å². The molecule has 2 heterocycles. The van der Waals surface area contributed by atoms with Gasteiger partial charge in [-0.3, -0.25) is 4.90 Å². The molecule has 0 aliphatic carbocycles. The van der Waals surface area contributed by atoms with Crippen molar-refractivity contribution in [2.75, 3.05) is 25.0 Å². The molecular weight excluding hydrogens is 372 g/mol. The number of anilines is 1. The van der Waals surface area contributed by atoms with Crippen molar-refractivity contribution >= 4 is 34.9 Å². The van der Waals surface area contributed by atoms with Gasteiger partial charge in [-0.25, -0.2) is 4.79 Å². The Hall–Kier alpha value is -2.30. The lowest BCUT2D eigenvalue weighted by atomic mass is 9.84. The van der Waals surface area contributed by atoms with E-state index in [2.05, 4.69) is 16.3 Å². The van der Waals surface area contributed by atoms with Crippen LogP contribution < -0.4 is 5.32 Å². The summed E-state index contributed by atoms with van der Waals surface area (Å²) in [5.41, 5.74) is 2.57. The molecule has 5 heteroatoms. The summed E-state index contributed by atoms with van der Waals surface area (Å²) < 4.78 is 5.62. The summed E-state index contributed by atoms with van der Waals surface area (Å²) in [6.07, 6.45) is 5.37. The number of nitrogens with one attached hydrogen (secondary N) is 1. The number of benzene rings is 2. The zero-order valence-electron chi connectivity index (χ0n) is 16.1. The number of piperidine rings is 1. The Morgan fingerprint density at radius 1 is 1.11 bits per heavy atom. The van der Waals surface area contributed by atoms with Crippen molar-refractivity contribution in [2.45, 2.75) is 31.8 Å². The zero-order chi connectivity index (χ0) is 19.6. The average Bonchev–Trinajstić information content (AvgIpc) is 2.74. The first kappa shape index (κ1) is 19.0. The fourth-order valence-electron chi connectivity index (χ4n) is 4.22. The Kier molecular flexibility index (Phi) is 5.42. The first-order valence-corrected chi connectivity index (χ1v) is 10.3. The van der Waals surface area contributed by atoms with Crippen LogP contribution in [0.15, 0.2) is 48.5 Å². The molecule has 4 nitrogen and oxygen atoms in total. The summed E-state index contributed by atoms with van der Waals surface area (Å²) in [7, 11) is 0. The van der Waals surface area contributed by atoms with Crippen LogP contribution in [0.4, 0.5) is 5.69 Å². The number of ether oxygens (including phenoxy) is 1. The van der Waals surface area contributed by atoms with Crippen LogP contribution >= 0.6 is 11.6 Å². The highest BCUT2D eigenvalue weighted by molar-refractivity contribution is 6.33. The minimum Gasteiger partial charge on any atom is -0.463 e. The molecule has 28 heavy (non-hydrogen) atoms. The number of likely N-dealkylation sites (tertiary alicyclic amines) is 1. The first-order valence-electron chi connectivity index (χ1n) is 9.93. The monoisotopic (exact) mass is 396 g/mol. The maximum atomic E-state index is 13.5. The summed E-state index contributed by atoms with van der Waals surface area (Å²) in [5, 5.41) is 4.19. The lowest BCUT2D eigenvalue weighted by Crippen LogP contribution is -2.63. The number of para-hydroxylation sites is 1. The molecule has 1 fully saturated rings. The Morgan fingerprint density at radius 2 is 1.82 bits per heavy atom. The second-order valence-corrected chi connectivity index (χ2v) is 7.64. The Bertz CT molecular complexity index is 905. The highest BCUT2D eigenvalue weighted by Crippen LogP contribution is 2.44. The third-order valence-corrected chi connectivity index (χ3v) is 5.86. The van der Waals surface area contributed by atoms with Crippen molar-refractivity contribution in [1.29, 1.82) is 0 Å². The summed E-state index contributed by atoms with van der Waals surface area (Å²) in [6, 6.07) is 15.7. The van der Waals surface area contributed by atoms with Gasteiger partial charge in [0.25, 0.3) is 0 Å². The van der Waals surface area contributed by atoms with E-state index in [1.165, 1.54) is 6.42 Å². The number of hydrogen-bond donors (Lipinski definition) is 1. The van der Waals surface area contributed by atoms with Gasteiger partial charge in [0.1, 0.15) is 0 Å². The molecule has 2 aliphatic heterocycles. The number of esters is 1. The number of carbonyl (C=O) groups is 1. The summed E-state index contributed by atoms with van der Waals surface area (Å²) in [5.74, 6) is -0.280. The van der Waals surface area contributed by atoms with E-state index in [0.717, 1.165) is 48.3 Å². The van der Waals surface area contributed by atoms with Gasteiger partial charge in [0.2, 0.25) is 5.66 Å².